The van der Waals surface area contributed by atoms with Crippen LogP contribution in [0.5, 0.6) is 0 Å². The van der Waals surface area contributed by atoms with E-state index in [4.69, 9.17) is 11.6 Å². The number of aliphatic hydroxyl groups excluding tert-OH is 1. The first-order chi connectivity index (χ1) is 5.59. The lowest BCUT2D eigenvalue weighted by atomic mass is 10.1. The summed E-state index contributed by atoms with van der Waals surface area (Å²) in [7, 11) is 0. The van der Waals surface area contributed by atoms with E-state index in [0.29, 0.717) is 15.3 Å². The van der Waals surface area contributed by atoms with Gasteiger partial charge in [0.15, 0.2) is 0 Å². The third-order valence-corrected chi connectivity index (χ3v) is 2.69. The lowest BCUT2D eigenvalue weighted by molar-refractivity contribution is 0.150. The summed E-state index contributed by atoms with van der Waals surface area (Å²) >= 11 is 7.03. The molecule has 68 valence electrons. The minimum Gasteiger partial charge on any atom is -0.386 e. The van der Waals surface area contributed by atoms with Gasteiger partial charge in [0.25, 0.3) is 0 Å². The summed E-state index contributed by atoms with van der Waals surface area (Å²) in [6, 6.07) is 0. The van der Waals surface area contributed by atoms with E-state index >= 15 is 0 Å². The third kappa shape index (κ3) is 2.73. The topological polar surface area (TPSA) is 33.1 Å². The second kappa shape index (κ2) is 4.21. The summed E-state index contributed by atoms with van der Waals surface area (Å²) in [6.07, 6.45) is 1.86. The Morgan fingerprint density at radius 2 is 2.33 bits per heavy atom. The Balaban J connectivity index is 2.58. The van der Waals surface area contributed by atoms with Crippen LogP contribution in [0.15, 0.2) is 6.20 Å². The van der Waals surface area contributed by atoms with Crippen molar-refractivity contribution in [2.45, 2.75) is 26.4 Å². The molecule has 1 N–H and O–H groups in total. The van der Waals surface area contributed by atoms with Crippen molar-refractivity contribution in [1.29, 1.82) is 0 Å². The first kappa shape index (κ1) is 9.96. The molecule has 12 heavy (non-hydrogen) atoms. The fourth-order valence-corrected chi connectivity index (χ4v) is 1.90. The maximum absolute atomic E-state index is 9.59. The molecule has 0 aromatic carbocycles. The van der Waals surface area contributed by atoms with Gasteiger partial charge in [-0.2, -0.15) is 0 Å². The summed E-state index contributed by atoms with van der Waals surface area (Å²) in [5.41, 5.74) is 0. The van der Waals surface area contributed by atoms with Gasteiger partial charge in [-0.3, -0.25) is 0 Å². The highest BCUT2D eigenvalue weighted by Crippen LogP contribution is 2.27. The van der Waals surface area contributed by atoms with Gasteiger partial charge in [0.2, 0.25) is 0 Å². The average molecular weight is 206 g/mol. The molecule has 1 aromatic rings. The SMILES string of the molecule is CC(C)CC(O)c1ncc(Cl)s1. The van der Waals surface area contributed by atoms with Crippen molar-refractivity contribution >= 4 is 22.9 Å². The van der Waals surface area contributed by atoms with Gasteiger partial charge in [-0.25, -0.2) is 4.98 Å². The first-order valence-electron chi connectivity index (χ1n) is 3.89. The zero-order chi connectivity index (χ0) is 9.14. The van der Waals surface area contributed by atoms with E-state index in [1.165, 1.54) is 11.3 Å². The molecule has 0 aliphatic heterocycles. The van der Waals surface area contributed by atoms with Crippen molar-refractivity contribution < 1.29 is 5.11 Å². The molecule has 2 nitrogen and oxygen atoms in total. The largest absolute Gasteiger partial charge is 0.386 e. The highest BCUT2D eigenvalue weighted by molar-refractivity contribution is 7.15. The first-order valence-corrected chi connectivity index (χ1v) is 5.08. The molecule has 0 aliphatic carbocycles. The summed E-state index contributed by atoms with van der Waals surface area (Å²) in [5, 5.41) is 10.3. The second-order valence-corrected chi connectivity index (χ2v) is 4.84. The standard InChI is InChI=1S/C8H12ClNOS/c1-5(2)3-6(11)8-10-4-7(9)12-8/h4-6,11H,3H2,1-2H3. The normalized spacial score (nSPS) is 13.8. The Bertz CT molecular complexity index is 249. The van der Waals surface area contributed by atoms with Crippen LogP contribution in [0.1, 0.15) is 31.4 Å². The number of aliphatic hydroxyl groups is 1. The molecule has 0 saturated carbocycles. The van der Waals surface area contributed by atoms with E-state index < -0.39 is 6.10 Å². The van der Waals surface area contributed by atoms with Crippen molar-refractivity contribution in [1.82, 2.24) is 4.98 Å². The van der Waals surface area contributed by atoms with Crippen LogP contribution in [-0.4, -0.2) is 10.1 Å². The number of hydrogen-bond donors (Lipinski definition) is 1. The number of halogens is 1. The van der Waals surface area contributed by atoms with E-state index in [9.17, 15) is 5.11 Å². The predicted molar refractivity (Wildman–Crippen MR) is 51.5 cm³/mol. The molecule has 0 fully saturated rings. The van der Waals surface area contributed by atoms with E-state index in [1.54, 1.807) is 6.20 Å². The van der Waals surface area contributed by atoms with Crippen LogP contribution in [0, 0.1) is 5.92 Å². The molecule has 1 atom stereocenters. The molecular formula is C8H12ClNOS. The molecule has 0 bridgehead atoms. The molecule has 0 saturated heterocycles. The molecule has 0 amide bonds. The minimum absolute atomic E-state index is 0.456. The lowest BCUT2D eigenvalue weighted by Crippen LogP contribution is -2.00. The van der Waals surface area contributed by atoms with Gasteiger partial charge in [-0.05, 0) is 12.3 Å². The van der Waals surface area contributed by atoms with Crippen molar-refractivity contribution in [3.05, 3.63) is 15.5 Å². The Kier molecular flexibility index (Phi) is 3.50. The molecule has 1 unspecified atom stereocenters. The zero-order valence-corrected chi connectivity index (χ0v) is 8.69. The summed E-state index contributed by atoms with van der Waals surface area (Å²) < 4.78 is 0.632. The minimum atomic E-state index is -0.456. The van der Waals surface area contributed by atoms with E-state index in [1.807, 2.05) is 0 Å². The van der Waals surface area contributed by atoms with Crippen molar-refractivity contribution in [3.8, 4) is 0 Å². The van der Waals surface area contributed by atoms with E-state index in [-0.39, 0.29) is 0 Å². The highest BCUT2D eigenvalue weighted by atomic mass is 35.5. The molecular weight excluding hydrogens is 194 g/mol. The Hall–Kier alpha value is -0.120. The van der Waals surface area contributed by atoms with E-state index in [2.05, 4.69) is 18.8 Å². The Morgan fingerprint density at radius 1 is 1.67 bits per heavy atom. The fourth-order valence-electron chi connectivity index (χ4n) is 0.968. The zero-order valence-electron chi connectivity index (χ0n) is 7.12. The number of thiazole rings is 1. The molecule has 1 aromatic heterocycles. The maximum atomic E-state index is 9.59. The number of rotatable bonds is 3. The molecule has 0 aliphatic rings. The molecule has 1 heterocycles. The number of nitrogens with zero attached hydrogens (tertiary/aromatic N) is 1. The molecule has 4 heteroatoms. The van der Waals surface area contributed by atoms with Crippen LogP contribution >= 0.6 is 22.9 Å². The second-order valence-electron chi connectivity index (χ2n) is 3.15. The average Bonchev–Trinajstić information content (AvgIpc) is 2.34. The van der Waals surface area contributed by atoms with Crippen LogP contribution in [0.3, 0.4) is 0 Å². The molecule has 0 radical (unpaired) electrons. The Labute approximate surface area is 81.2 Å². The van der Waals surface area contributed by atoms with Crippen LogP contribution in [0.2, 0.25) is 4.34 Å². The fraction of sp³-hybridized carbons (Fsp3) is 0.625. The van der Waals surface area contributed by atoms with Gasteiger partial charge in [0, 0.05) is 0 Å². The van der Waals surface area contributed by atoms with Gasteiger partial charge in [0.05, 0.1) is 6.20 Å². The van der Waals surface area contributed by atoms with Crippen LogP contribution < -0.4 is 0 Å². The summed E-state index contributed by atoms with van der Waals surface area (Å²) in [6.45, 7) is 4.14. The van der Waals surface area contributed by atoms with Crippen molar-refractivity contribution in [2.24, 2.45) is 5.92 Å². The van der Waals surface area contributed by atoms with Gasteiger partial charge in [-0.15, -0.1) is 11.3 Å². The van der Waals surface area contributed by atoms with Crippen LogP contribution in [0.25, 0.3) is 0 Å². The lowest BCUT2D eigenvalue weighted by Gasteiger charge is -2.09. The third-order valence-electron chi connectivity index (χ3n) is 1.48. The van der Waals surface area contributed by atoms with Crippen molar-refractivity contribution in [2.75, 3.05) is 0 Å². The summed E-state index contributed by atoms with van der Waals surface area (Å²) in [5.74, 6) is 0.475. The molecule has 1 rings (SSSR count). The van der Waals surface area contributed by atoms with Crippen molar-refractivity contribution in [3.63, 3.8) is 0 Å². The number of hydrogen-bond acceptors (Lipinski definition) is 3. The van der Waals surface area contributed by atoms with Gasteiger partial charge < -0.3 is 5.11 Å². The Morgan fingerprint density at radius 3 is 2.75 bits per heavy atom. The van der Waals surface area contributed by atoms with Gasteiger partial charge >= 0.3 is 0 Å². The highest BCUT2D eigenvalue weighted by Gasteiger charge is 2.12. The maximum Gasteiger partial charge on any atom is 0.123 e. The van der Waals surface area contributed by atoms with Gasteiger partial charge in [-0.1, -0.05) is 25.4 Å². The van der Waals surface area contributed by atoms with Gasteiger partial charge in [0.1, 0.15) is 15.4 Å². The van der Waals surface area contributed by atoms with Crippen LogP contribution in [0.4, 0.5) is 0 Å². The molecule has 0 spiro atoms. The summed E-state index contributed by atoms with van der Waals surface area (Å²) in [4.78, 5) is 4.01. The number of aromatic nitrogens is 1. The quantitative estimate of drug-likeness (QED) is 0.823. The van der Waals surface area contributed by atoms with Crippen LogP contribution in [-0.2, 0) is 0 Å². The van der Waals surface area contributed by atoms with E-state index in [0.717, 1.165) is 6.42 Å². The predicted octanol–water partition coefficient (Wildman–Crippen LogP) is 2.88. The monoisotopic (exact) mass is 205 g/mol. The smallest absolute Gasteiger partial charge is 0.123 e.